The molecule has 0 saturated carbocycles. The average molecular weight is 466 g/mol. The maximum absolute atomic E-state index is 13.6. The fourth-order valence-electron chi connectivity index (χ4n) is 3.94. The van der Waals surface area contributed by atoms with Crippen molar-refractivity contribution in [2.45, 2.75) is 26.8 Å². The molecule has 32 heavy (non-hydrogen) atoms. The summed E-state index contributed by atoms with van der Waals surface area (Å²) in [7, 11) is 0. The largest absolute Gasteiger partial charge is 0.339 e. The van der Waals surface area contributed by atoms with Crippen LogP contribution >= 0.6 is 22.9 Å². The summed E-state index contributed by atoms with van der Waals surface area (Å²) in [5, 5.41) is 0.600. The smallest absolute Gasteiger partial charge is 0.271 e. The molecule has 1 aliphatic rings. The number of allylic oxidation sites excluding steroid dienone is 1. The number of hydrogen-bond acceptors (Lipinski definition) is 4. The molecular formula is C25H24ClN3O2S. The van der Waals surface area contributed by atoms with Gasteiger partial charge in [0.25, 0.3) is 11.5 Å². The van der Waals surface area contributed by atoms with Crippen molar-refractivity contribution >= 4 is 34.9 Å². The van der Waals surface area contributed by atoms with E-state index in [-0.39, 0.29) is 11.5 Å². The van der Waals surface area contributed by atoms with Gasteiger partial charge in [-0.05, 0) is 50.1 Å². The van der Waals surface area contributed by atoms with E-state index in [4.69, 9.17) is 11.6 Å². The van der Waals surface area contributed by atoms with E-state index in [9.17, 15) is 9.59 Å². The monoisotopic (exact) mass is 465 g/mol. The molecule has 0 bridgehead atoms. The van der Waals surface area contributed by atoms with E-state index >= 15 is 0 Å². The molecule has 3 aromatic rings. The number of benzene rings is 2. The Kier molecular flexibility index (Phi) is 6.44. The first-order chi connectivity index (χ1) is 15.4. The highest BCUT2D eigenvalue weighted by Crippen LogP contribution is 2.31. The summed E-state index contributed by atoms with van der Waals surface area (Å²) in [6, 6.07) is 16.5. The molecule has 0 unspecified atom stereocenters. The van der Waals surface area contributed by atoms with Crippen LogP contribution in [0.4, 0.5) is 0 Å². The molecule has 0 radical (unpaired) electrons. The van der Waals surface area contributed by atoms with E-state index in [0.29, 0.717) is 38.7 Å². The zero-order valence-corrected chi connectivity index (χ0v) is 19.8. The second-order valence-electron chi connectivity index (χ2n) is 7.52. The molecule has 7 heteroatoms. The Balaban J connectivity index is 1.96. The van der Waals surface area contributed by atoms with Crippen LogP contribution in [0.25, 0.3) is 6.08 Å². The van der Waals surface area contributed by atoms with Gasteiger partial charge >= 0.3 is 0 Å². The van der Waals surface area contributed by atoms with Gasteiger partial charge in [0.15, 0.2) is 4.80 Å². The minimum absolute atomic E-state index is 0.103. The first-order valence-electron chi connectivity index (χ1n) is 10.6. The molecule has 0 spiro atoms. The van der Waals surface area contributed by atoms with E-state index in [2.05, 4.69) is 4.99 Å². The Hall–Kier alpha value is -2.96. The predicted molar refractivity (Wildman–Crippen MR) is 130 cm³/mol. The lowest BCUT2D eigenvalue weighted by atomic mass is 9.94. The van der Waals surface area contributed by atoms with Gasteiger partial charge in [0.05, 0.1) is 21.8 Å². The summed E-state index contributed by atoms with van der Waals surface area (Å²) in [6.07, 6.45) is 1.87. The second kappa shape index (κ2) is 9.27. The number of thiazole rings is 1. The molecule has 1 aromatic heterocycles. The maximum Gasteiger partial charge on any atom is 0.271 e. The predicted octanol–water partition coefficient (Wildman–Crippen LogP) is 3.76. The van der Waals surface area contributed by atoms with Crippen LogP contribution in [0, 0.1) is 0 Å². The summed E-state index contributed by atoms with van der Waals surface area (Å²) in [5.41, 5.74) is 2.77. The van der Waals surface area contributed by atoms with Crippen LogP contribution in [0.3, 0.4) is 0 Å². The van der Waals surface area contributed by atoms with Crippen LogP contribution in [0.2, 0.25) is 5.02 Å². The number of carbonyl (C=O) groups is 1. The van der Waals surface area contributed by atoms with Crippen LogP contribution in [0.15, 0.2) is 75.7 Å². The molecule has 5 nitrogen and oxygen atoms in total. The number of carbonyl (C=O) groups excluding carboxylic acids is 1. The number of fused-ring (bicyclic) bond motifs is 1. The van der Waals surface area contributed by atoms with Crippen LogP contribution in [0.5, 0.6) is 0 Å². The van der Waals surface area contributed by atoms with Crippen LogP contribution in [-0.2, 0) is 4.79 Å². The van der Waals surface area contributed by atoms with Crippen molar-refractivity contribution in [3.63, 3.8) is 0 Å². The summed E-state index contributed by atoms with van der Waals surface area (Å²) >= 11 is 7.46. The lowest BCUT2D eigenvalue weighted by Crippen LogP contribution is -2.43. The van der Waals surface area contributed by atoms with Crippen molar-refractivity contribution in [1.29, 1.82) is 0 Å². The quantitative estimate of drug-likeness (QED) is 0.576. The fraction of sp³-hybridized carbons (Fsp3) is 0.240. The van der Waals surface area contributed by atoms with Crippen molar-refractivity contribution in [1.82, 2.24) is 9.47 Å². The van der Waals surface area contributed by atoms with Gasteiger partial charge in [-0.3, -0.25) is 14.2 Å². The van der Waals surface area contributed by atoms with Crippen molar-refractivity contribution in [3.05, 3.63) is 102 Å². The van der Waals surface area contributed by atoms with Gasteiger partial charge in [-0.2, -0.15) is 0 Å². The molecule has 1 aliphatic heterocycles. The second-order valence-corrected chi connectivity index (χ2v) is 8.97. The van der Waals surface area contributed by atoms with Gasteiger partial charge in [-0.25, -0.2) is 4.99 Å². The molecule has 2 aromatic carbocycles. The summed E-state index contributed by atoms with van der Waals surface area (Å²) in [5.74, 6) is -0.103. The normalized spacial score (nSPS) is 16.0. The van der Waals surface area contributed by atoms with Crippen LogP contribution < -0.4 is 14.9 Å². The number of nitrogens with zero attached hydrogens (tertiary/aromatic N) is 3. The number of aromatic nitrogens is 1. The molecule has 0 N–H and O–H groups in total. The van der Waals surface area contributed by atoms with E-state index in [1.165, 1.54) is 11.3 Å². The Morgan fingerprint density at radius 1 is 1.12 bits per heavy atom. The number of hydrogen-bond donors (Lipinski definition) is 0. The molecule has 164 valence electrons. The minimum Gasteiger partial charge on any atom is -0.339 e. The number of amides is 1. The highest BCUT2D eigenvalue weighted by molar-refractivity contribution is 7.07. The van der Waals surface area contributed by atoms with Crippen LogP contribution in [0.1, 0.15) is 37.9 Å². The molecule has 4 rings (SSSR count). The van der Waals surface area contributed by atoms with Gasteiger partial charge < -0.3 is 4.90 Å². The Labute approximate surface area is 195 Å². The van der Waals surface area contributed by atoms with Gasteiger partial charge in [0.2, 0.25) is 0 Å². The van der Waals surface area contributed by atoms with Crippen molar-refractivity contribution < 1.29 is 4.79 Å². The van der Waals surface area contributed by atoms with Gasteiger partial charge in [-0.15, -0.1) is 0 Å². The van der Waals surface area contributed by atoms with Gasteiger partial charge in [0.1, 0.15) is 0 Å². The number of likely N-dealkylation sites (N-methyl/N-ethyl adjacent to an activating group) is 1. The SMILES string of the molecule is CCN(CC)C(=O)C1=C(C)N=c2s/c(=C/c3ccccc3)c(=O)n2[C@H]1c1ccc(Cl)cc1. The molecule has 1 atom stereocenters. The van der Waals surface area contributed by atoms with E-state index in [1.54, 1.807) is 21.6 Å². The summed E-state index contributed by atoms with van der Waals surface area (Å²) < 4.78 is 2.23. The topological polar surface area (TPSA) is 54.7 Å². The lowest BCUT2D eigenvalue weighted by Gasteiger charge is -2.29. The fourth-order valence-corrected chi connectivity index (χ4v) is 5.11. The van der Waals surface area contributed by atoms with Crippen molar-refractivity contribution in [2.24, 2.45) is 4.99 Å². The van der Waals surface area contributed by atoms with Gasteiger partial charge in [0, 0.05) is 18.1 Å². The molecule has 0 saturated heterocycles. The molecule has 0 fully saturated rings. The van der Waals surface area contributed by atoms with Crippen LogP contribution in [-0.4, -0.2) is 28.5 Å². The number of halogens is 1. The standard InChI is InChI=1S/C25H24ClN3O2S/c1-4-28(5-2)24(31)21-16(3)27-25-29(22(21)18-11-13-19(26)14-12-18)23(30)20(32-25)15-17-9-7-6-8-10-17/h6-15,22H,4-5H2,1-3H3/b20-15+/t22-/m0/s1. The molecule has 0 aliphatic carbocycles. The minimum atomic E-state index is -0.561. The average Bonchev–Trinajstić information content (AvgIpc) is 3.09. The number of rotatable bonds is 5. The highest BCUT2D eigenvalue weighted by Gasteiger charge is 2.34. The van der Waals surface area contributed by atoms with Crippen molar-refractivity contribution in [2.75, 3.05) is 13.1 Å². The summed E-state index contributed by atoms with van der Waals surface area (Å²) in [4.78, 5) is 34.1. The third-order valence-electron chi connectivity index (χ3n) is 5.59. The molecule has 1 amide bonds. The third-order valence-corrected chi connectivity index (χ3v) is 6.82. The molecular weight excluding hydrogens is 442 g/mol. The van der Waals surface area contributed by atoms with E-state index in [1.807, 2.05) is 69.3 Å². The highest BCUT2D eigenvalue weighted by atomic mass is 35.5. The lowest BCUT2D eigenvalue weighted by molar-refractivity contribution is -0.127. The zero-order valence-electron chi connectivity index (χ0n) is 18.2. The maximum atomic E-state index is 13.6. The third kappa shape index (κ3) is 4.08. The Bertz CT molecular complexity index is 1350. The van der Waals surface area contributed by atoms with E-state index in [0.717, 1.165) is 11.1 Å². The first kappa shape index (κ1) is 22.2. The van der Waals surface area contributed by atoms with E-state index < -0.39 is 6.04 Å². The van der Waals surface area contributed by atoms with Crippen molar-refractivity contribution in [3.8, 4) is 0 Å². The Morgan fingerprint density at radius 3 is 2.41 bits per heavy atom. The van der Waals surface area contributed by atoms with Gasteiger partial charge in [-0.1, -0.05) is 65.4 Å². The first-order valence-corrected chi connectivity index (χ1v) is 11.8. The summed E-state index contributed by atoms with van der Waals surface area (Å²) in [6.45, 7) is 6.90. The Morgan fingerprint density at radius 2 is 1.78 bits per heavy atom. The molecule has 2 heterocycles. The zero-order chi connectivity index (χ0) is 22.8.